The van der Waals surface area contributed by atoms with Crippen molar-refractivity contribution in [2.75, 3.05) is 0 Å². The lowest BCUT2D eigenvalue weighted by Crippen LogP contribution is -2.07. The minimum atomic E-state index is -0.0258. The number of nitrogens with two attached hydrogens (primary N) is 1. The summed E-state index contributed by atoms with van der Waals surface area (Å²) in [5.41, 5.74) is 9.51. The molecule has 86 valence electrons. The van der Waals surface area contributed by atoms with Crippen LogP contribution in [0.1, 0.15) is 29.8 Å². The second-order valence-electron chi connectivity index (χ2n) is 4.04. The Morgan fingerprint density at radius 3 is 2.47 bits per heavy atom. The van der Waals surface area contributed by atoms with Gasteiger partial charge in [-0.15, -0.1) is 0 Å². The molecule has 1 atom stereocenters. The second-order valence-corrected chi connectivity index (χ2v) is 4.04. The third-order valence-electron chi connectivity index (χ3n) is 2.78. The predicted octanol–water partition coefficient (Wildman–Crippen LogP) is 2.07. The molecule has 1 aromatic carbocycles. The Morgan fingerprint density at radius 1 is 1.35 bits per heavy atom. The van der Waals surface area contributed by atoms with E-state index in [1.54, 1.807) is 18.3 Å². The number of rotatable bonds is 2. The van der Waals surface area contributed by atoms with Crippen LogP contribution in [-0.4, -0.2) is 9.78 Å². The molecule has 4 nitrogen and oxygen atoms in total. The molecule has 2 aromatic rings. The van der Waals surface area contributed by atoms with Crippen molar-refractivity contribution in [2.24, 2.45) is 5.73 Å². The highest BCUT2D eigenvalue weighted by Gasteiger charge is 2.10. The fourth-order valence-corrected chi connectivity index (χ4v) is 1.81. The Hall–Kier alpha value is -2.12. The minimum Gasteiger partial charge on any atom is -0.324 e. The number of nitrogens with zero attached hydrogens (tertiary/aromatic N) is 3. The molecule has 1 heterocycles. The average Bonchev–Trinajstić information content (AvgIpc) is 2.71. The van der Waals surface area contributed by atoms with E-state index in [0.29, 0.717) is 5.56 Å². The molecule has 0 aliphatic heterocycles. The van der Waals surface area contributed by atoms with Crippen LogP contribution in [0.15, 0.2) is 30.5 Å². The van der Waals surface area contributed by atoms with E-state index in [9.17, 15) is 0 Å². The summed E-state index contributed by atoms with van der Waals surface area (Å²) in [6.45, 7) is 3.93. The summed E-state index contributed by atoms with van der Waals surface area (Å²) in [5.74, 6) is 0. The van der Waals surface area contributed by atoms with Crippen LogP contribution in [0.4, 0.5) is 0 Å². The third-order valence-corrected chi connectivity index (χ3v) is 2.78. The molecule has 0 aliphatic rings. The van der Waals surface area contributed by atoms with Gasteiger partial charge in [-0.3, -0.25) is 0 Å². The molecule has 0 aliphatic carbocycles. The summed E-state index contributed by atoms with van der Waals surface area (Å²) in [6, 6.07) is 9.38. The minimum absolute atomic E-state index is 0.0258. The molecule has 0 unspecified atom stereocenters. The van der Waals surface area contributed by atoms with Gasteiger partial charge in [0.05, 0.1) is 23.5 Å². The normalized spacial score (nSPS) is 12.1. The van der Waals surface area contributed by atoms with Crippen molar-refractivity contribution in [3.05, 3.63) is 47.3 Å². The average molecular weight is 226 g/mol. The highest BCUT2D eigenvalue weighted by molar-refractivity contribution is 5.40. The van der Waals surface area contributed by atoms with E-state index in [-0.39, 0.29) is 6.04 Å². The van der Waals surface area contributed by atoms with Crippen LogP contribution in [0.2, 0.25) is 0 Å². The van der Waals surface area contributed by atoms with Gasteiger partial charge in [0.25, 0.3) is 0 Å². The lowest BCUT2D eigenvalue weighted by atomic mass is 10.1. The molecule has 1 aromatic heterocycles. The van der Waals surface area contributed by atoms with Gasteiger partial charge in [0, 0.05) is 17.3 Å². The van der Waals surface area contributed by atoms with Crippen molar-refractivity contribution in [1.82, 2.24) is 9.78 Å². The lowest BCUT2D eigenvalue weighted by Gasteiger charge is -2.07. The summed E-state index contributed by atoms with van der Waals surface area (Å²) in [6.07, 6.45) is 1.79. The monoisotopic (exact) mass is 226 g/mol. The zero-order chi connectivity index (χ0) is 12.4. The van der Waals surface area contributed by atoms with E-state index in [1.807, 2.05) is 30.7 Å². The fraction of sp³-hybridized carbons (Fsp3) is 0.231. The Kier molecular flexibility index (Phi) is 2.94. The van der Waals surface area contributed by atoms with Crippen molar-refractivity contribution < 1.29 is 0 Å². The van der Waals surface area contributed by atoms with Gasteiger partial charge in [-0.05, 0) is 38.1 Å². The van der Waals surface area contributed by atoms with Gasteiger partial charge in [0.2, 0.25) is 0 Å². The predicted molar refractivity (Wildman–Crippen MR) is 65.6 cm³/mol. The van der Waals surface area contributed by atoms with Crippen molar-refractivity contribution in [3.63, 3.8) is 0 Å². The molecule has 0 saturated carbocycles. The van der Waals surface area contributed by atoms with E-state index in [2.05, 4.69) is 11.2 Å². The van der Waals surface area contributed by atoms with Crippen LogP contribution in [-0.2, 0) is 0 Å². The summed E-state index contributed by atoms with van der Waals surface area (Å²) in [7, 11) is 0. The molecular weight excluding hydrogens is 212 g/mol. The molecule has 4 heteroatoms. The molecule has 0 bridgehead atoms. The van der Waals surface area contributed by atoms with E-state index >= 15 is 0 Å². The number of hydrogen-bond acceptors (Lipinski definition) is 3. The SMILES string of the molecule is Cc1c([C@H](C)N)cnn1-c1ccc(C#N)cc1. The molecule has 17 heavy (non-hydrogen) atoms. The first-order valence-electron chi connectivity index (χ1n) is 5.44. The molecule has 0 fully saturated rings. The van der Waals surface area contributed by atoms with Crippen molar-refractivity contribution in [1.29, 1.82) is 5.26 Å². The van der Waals surface area contributed by atoms with Crippen LogP contribution in [0, 0.1) is 18.3 Å². The third kappa shape index (κ3) is 2.05. The van der Waals surface area contributed by atoms with Crippen LogP contribution in [0.5, 0.6) is 0 Å². The molecule has 0 amide bonds. The fourth-order valence-electron chi connectivity index (χ4n) is 1.81. The maximum Gasteiger partial charge on any atom is 0.0991 e. The highest BCUT2D eigenvalue weighted by atomic mass is 15.3. The van der Waals surface area contributed by atoms with E-state index < -0.39 is 0 Å². The van der Waals surface area contributed by atoms with Crippen LogP contribution in [0.3, 0.4) is 0 Å². The summed E-state index contributed by atoms with van der Waals surface area (Å²) < 4.78 is 1.83. The van der Waals surface area contributed by atoms with Gasteiger partial charge in [-0.1, -0.05) is 0 Å². The Bertz CT molecular complexity index is 558. The van der Waals surface area contributed by atoms with Gasteiger partial charge in [-0.25, -0.2) is 4.68 Å². The Labute approximate surface area is 100 Å². The van der Waals surface area contributed by atoms with Crippen LogP contribution in [0.25, 0.3) is 5.69 Å². The zero-order valence-electron chi connectivity index (χ0n) is 9.88. The van der Waals surface area contributed by atoms with Crippen molar-refractivity contribution in [3.8, 4) is 11.8 Å². The molecule has 0 radical (unpaired) electrons. The van der Waals surface area contributed by atoms with Gasteiger partial charge in [0.1, 0.15) is 0 Å². The summed E-state index contributed by atoms with van der Waals surface area (Å²) in [5, 5.41) is 13.1. The quantitative estimate of drug-likeness (QED) is 0.852. The highest BCUT2D eigenvalue weighted by Crippen LogP contribution is 2.18. The standard InChI is InChI=1S/C13H14N4/c1-9(15)13-8-16-17(10(13)2)12-5-3-11(7-14)4-6-12/h3-6,8-9H,15H2,1-2H3/t9-/m0/s1. The maximum absolute atomic E-state index is 8.74. The summed E-state index contributed by atoms with van der Waals surface area (Å²) in [4.78, 5) is 0. The van der Waals surface area contributed by atoms with E-state index in [4.69, 9.17) is 11.0 Å². The Balaban J connectivity index is 2.43. The first kappa shape index (κ1) is 11.4. The summed E-state index contributed by atoms with van der Waals surface area (Å²) >= 11 is 0. The zero-order valence-corrected chi connectivity index (χ0v) is 9.88. The van der Waals surface area contributed by atoms with Gasteiger partial charge < -0.3 is 5.73 Å². The molecule has 0 spiro atoms. The van der Waals surface area contributed by atoms with Crippen LogP contribution >= 0.6 is 0 Å². The first-order valence-corrected chi connectivity index (χ1v) is 5.44. The van der Waals surface area contributed by atoms with Crippen LogP contribution < -0.4 is 5.73 Å². The van der Waals surface area contributed by atoms with Gasteiger partial charge >= 0.3 is 0 Å². The number of aromatic nitrogens is 2. The number of nitriles is 1. The maximum atomic E-state index is 8.74. The second kappa shape index (κ2) is 4.40. The smallest absolute Gasteiger partial charge is 0.0991 e. The number of hydrogen-bond donors (Lipinski definition) is 1. The van der Waals surface area contributed by atoms with Crippen molar-refractivity contribution in [2.45, 2.75) is 19.9 Å². The molecule has 0 saturated heterocycles. The number of benzene rings is 1. The van der Waals surface area contributed by atoms with Gasteiger partial charge in [-0.2, -0.15) is 10.4 Å². The molecule has 2 N–H and O–H groups in total. The van der Waals surface area contributed by atoms with E-state index in [0.717, 1.165) is 16.9 Å². The molecular formula is C13H14N4. The van der Waals surface area contributed by atoms with Crippen molar-refractivity contribution >= 4 is 0 Å². The largest absolute Gasteiger partial charge is 0.324 e. The topological polar surface area (TPSA) is 67.6 Å². The van der Waals surface area contributed by atoms with Gasteiger partial charge in [0.15, 0.2) is 0 Å². The molecule has 2 rings (SSSR count). The Morgan fingerprint density at radius 2 is 2.00 bits per heavy atom. The lowest BCUT2D eigenvalue weighted by molar-refractivity contribution is 0.797. The van der Waals surface area contributed by atoms with E-state index in [1.165, 1.54) is 0 Å². The first-order chi connectivity index (χ1) is 8.13.